The van der Waals surface area contributed by atoms with E-state index in [-0.39, 0.29) is 5.82 Å². The lowest BCUT2D eigenvalue weighted by atomic mass is 10.2. The molecule has 1 aromatic carbocycles. The van der Waals surface area contributed by atoms with E-state index in [1.54, 1.807) is 12.1 Å². The van der Waals surface area contributed by atoms with E-state index in [2.05, 4.69) is 4.98 Å². The summed E-state index contributed by atoms with van der Waals surface area (Å²) in [5, 5.41) is 0.442. The van der Waals surface area contributed by atoms with Crippen LogP contribution in [0.4, 0.5) is 4.39 Å². The number of aromatic nitrogens is 1. The molecule has 16 heavy (non-hydrogen) atoms. The van der Waals surface area contributed by atoms with Crippen molar-refractivity contribution in [2.45, 2.75) is 23.6 Å². The number of rotatable bonds is 3. The first-order valence-electron chi connectivity index (χ1n) is 4.77. The fraction of sp³-hybridized carbons (Fsp3) is 0.182. The smallest absolute Gasteiger partial charge is 0.260 e. The van der Waals surface area contributed by atoms with E-state index in [1.165, 1.54) is 12.3 Å². The molecule has 0 saturated heterocycles. The second-order valence-corrected chi connectivity index (χ2v) is 4.32. The summed E-state index contributed by atoms with van der Waals surface area (Å²) in [4.78, 5) is 4.58. The van der Waals surface area contributed by atoms with Crippen molar-refractivity contribution in [3.8, 4) is 0 Å². The summed E-state index contributed by atoms with van der Waals surface area (Å²) in [6.07, 6.45) is 1.54. The Morgan fingerprint density at radius 1 is 1.50 bits per heavy atom. The Kier molecular flexibility index (Phi) is 3.26. The van der Waals surface area contributed by atoms with Gasteiger partial charge in [-0.3, -0.25) is 0 Å². The van der Waals surface area contributed by atoms with Crippen molar-refractivity contribution in [3.63, 3.8) is 0 Å². The second-order valence-electron chi connectivity index (χ2n) is 3.33. The average Bonchev–Trinajstić information content (AvgIpc) is 2.67. The first-order chi connectivity index (χ1) is 7.69. The monoisotopic (exact) mass is 238 g/mol. The molecule has 3 nitrogen and oxygen atoms in total. The average molecular weight is 238 g/mol. The molecule has 0 bridgehead atoms. The Balaban J connectivity index is 2.21. The minimum atomic E-state index is -0.302. The normalized spacial score (nSPS) is 10.7. The summed E-state index contributed by atoms with van der Waals surface area (Å²) in [5.74, 6) is -0.302. The maximum absolute atomic E-state index is 13.6. The Morgan fingerprint density at radius 2 is 2.31 bits per heavy atom. The van der Waals surface area contributed by atoms with Gasteiger partial charge in [0.2, 0.25) is 0 Å². The van der Waals surface area contributed by atoms with Crippen LogP contribution in [-0.4, -0.2) is 4.98 Å². The number of nitrogens with zero attached hydrogens (tertiary/aromatic N) is 1. The van der Waals surface area contributed by atoms with Gasteiger partial charge in [0.1, 0.15) is 12.1 Å². The molecule has 0 atom stereocenters. The van der Waals surface area contributed by atoms with Crippen LogP contribution in [0.15, 0.2) is 39.0 Å². The molecule has 1 heterocycles. The van der Waals surface area contributed by atoms with Gasteiger partial charge < -0.3 is 10.2 Å². The van der Waals surface area contributed by atoms with Gasteiger partial charge in [0, 0.05) is 6.54 Å². The van der Waals surface area contributed by atoms with Gasteiger partial charge in [-0.15, -0.1) is 0 Å². The van der Waals surface area contributed by atoms with Gasteiger partial charge >= 0.3 is 0 Å². The van der Waals surface area contributed by atoms with Gasteiger partial charge in [0.05, 0.1) is 10.6 Å². The van der Waals surface area contributed by atoms with Gasteiger partial charge in [0.15, 0.2) is 0 Å². The van der Waals surface area contributed by atoms with E-state index >= 15 is 0 Å². The third kappa shape index (κ3) is 2.43. The maximum Gasteiger partial charge on any atom is 0.260 e. The zero-order chi connectivity index (χ0) is 11.5. The van der Waals surface area contributed by atoms with Crippen molar-refractivity contribution < 1.29 is 8.81 Å². The summed E-state index contributed by atoms with van der Waals surface area (Å²) in [6, 6.07) is 4.90. The highest BCUT2D eigenvalue weighted by atomic mass is 32.2. The molecule has 0 aliphatic rings. The second kappa shape index (κ2) is 4.67. The Hall–Kier alpha value is -1.33. The zero-order valence-electron chi connectivity index (χ0n) is 8.74. The molecule has 1 aromatic heterocycles. The summed E-state index contributed by atoms with van der Waals surface area (Å²) >= 11 is 1.16. The fourth-order valence-electron chi connectivity index (χ4n) is 1.23. The fourth-order valence-corrected chi connectivity index (χ4v) is 1.99. The molecule has 2 rings (SSSR count). The van der Waals surface area contributed by atoms with Crippen molar-refractivity contribution in [2.24, 2.45) is 5.73 Å². The highest BCUT2D eigenvalue weighted by Gasteiger charge is 2.08. The molecule has 5 heteroatoms. The van der Waals surface area contributed by atoms with Crippen LogP contribution in [0.1, 0.15) is 11.3 Å². The third-order valence-electron chi connectivity index (χ3n) is 2.03. The van der Waals surface area contributed by atoms with Gasteiger partial charge in [-0.2, -0.15) is 0 Å². The summed E-state index contributed by atoms with van der Waals surface area (Å²) in [7, 11) is 0. The van der Waals surface area contributed by atoms with Crippen molar-refractivity contribution >= 4 is 11.8 Å². The van der Waals surface area contributed by atoms with Gasteiger partial charge in [0.25, 0.3) is 5.22 Å². The highest BCUT2D eigenvalue weighted by Crippen LogP contribution is 2.29. The first kappa shape index (κ1) is 11.2. The van der Waals surface area contributed by atoms with Gasteiger partial charge in [-0.1, -0.05) is 6.07 Å². The van der Waals surface area contributed by atoms with Gasteiger partial charge in [-0.05, 0) is 36.4 Å². The van der Waals surface area contributed by atoms with Crippen molar-refractivity contribution in [3.05, 3.63) is 41.5 Å². The number of oxazole rings is 1. The molecular formula is C11H11FN2OS. The summed E-state index contributed by atoms with van der Waals surface area (Å²) in [5.41, 5.74) is 6.97. The molecule has 0 aliphatic carbocycles. The third-order valence-corrected chi connectivity index (χ3v) is 2.94. The van der Waals surface area contributed by atoms with E-state index in [0.29, 0.717) is 16.7 Å². The number of hydrogen-bond donors (Lipinski definition) is 1. The predicted octanol–water partition coefficient (Wildman–Crippen LogP) is 2.73. The molecule has 0 amide bonds. The summed E-state index contributed by atoms with van der Waals surface area (Å²) < 4.78 is 18.7. The van der Waals surface area contributed by atoms with Crippen LogP contribution in [0, 0.1) is 12.7 Å². The van der Waals surface area contributed by atoms with Crippen LogP contribution >= 0.6 is 11.8 Å². The molecule has 0 radical (unpaired) electrons. The summed E-state index contributed by atoms with van der Waals surface area (Å²) in [6.45, 7) is 2.15. The number of aryl methyl sites for hydroxylation is 1. The predicted molar refractivity (Wildman–Crippen MR) is 59.7 cm³/mol. The molecule has 2 N–H and O–H groups in total. The van der Waals surface area contributed by atoms with Crippen LogP contribution in [-0.2, 0) is 6.54 Å². The lowest BCUT2D eigenvalue weighted by Crippen LogP contribution is -1.96. The molecule has 0 saturated carbocycles. The van der Waals surface area contributed by atoms with E-state index < -0.39 is 0 Å². The quantitative estimate of drug-likeness (QED) is 0.893. The number of halogens is 1. The van der Waals surface area contributed by atoms with Crippen LogP contribution in [0.2, 0.25) is 0 Å². The van der Waals surface area contributed by atoms with Crippen molar-refractivity contribution in [1.82, 2.24) is 4.98 Å². The first-order valence-corrected chi connectivity index (χ1v) is 5.59. The molecular weight excluding hydrogens is 227 g/mol. The molecule has 0 fully saturated rings. The van der Waals surface area contributed by atoms with E-state index in [9.17, 15) is 4.39 Å². The lowest BCUT2D eigenvalue weighted by Gasteiger charge is -2.01. The molecule has 0 spiro atoms. The highest BCUT2D eigenvalue weighted by molar-refractivity contribution is 7.99. The Bertz CT molecular complexity index is 498. The molecule has 2 aromatic rings. The maximum atomic E-state index is 13.6. The minimum Gasteiger partial charge on any atom is -0.439 e. The number of hydrogen-bond acceptors (Lipinski definition) is 4. The van der Waals surface area contributed by atoms with E-state index in [4.69, 9.17) is 10.2 Å². The van der Waals surface area contributed by atoms with Crippen LogP contribution in [0.25, 0.3) is 0 Å². The number of nitrogens with two attached hydrogens (primary N) is 1. The van der Waals surface area contributed by atoms with Crippen molar-refractivity contribution in [1.29, 1.82) is 0 Å². The van der Waals surface area contributed by atoms with Gasteiger partial charge in [-0.25, -0.2) is 9.37 Å². The zero-order valence-corrected chi connectivity index (χ0v) is 9.55. The van der Waals surface area contributed by atoms with Crippen molar-refractivity contribution in [2.75, 3.05) is 0 Å². The standard InChI is InChI=1S/C11H11FN2OS/c1-7-6-15-11(14-7)16-10-3-2-8(5-13)4-9(10)12/h2-4,6H,5,13H2,1H3. The largest absolute Gasteiger partial charge is 0.439 e. The molecule has 0 unspecified atom stereocenters. The Labute approximate surface area is 96.9 Å². The lowest BCUT2D eigenvalue weighted by molar-refractivity contribution is 0.453. The topological polar surface area (TPSA) is 52.0 Å². The minimum absolute atomic E-state index is 0.302. The van der Waals surface area contributed by atoms with Crippen LogP contribution in [0.5, 0.6) is 0 Å². The van der Waals surface area contributed by atoms with E-state index in [1.807, 2.05) is 6.92 Å². The van der Waals surface area contributed by atoms with E-state index in [0.717, 1.165) is 23.0 Å². The number of benzene rings is 1. The molecule has 0 aliphatic heterocycles. The Morgan fingerprint density at radius 3 is 2.88 bits per heavy atom. The van der Waals surface area contributed by atoms with Crippen LogP contribution < -0.4 is 5.73 Å². The van der Waals surface area contributed by atoms with Crippen LogP contribution in [0.3, 0.4) is 0 Å². The molecule has 84 valence electrons. The SMILES string of the molecule is Cc1coc(Sc2ccc(CN)cc2F)n1.